The first-order valence-corrected chi connectivity index (χ1v) is 9.91. The van der Waals surface area contributed by atoms with Gasteiger partial charge < -0.3 is 4.74 Å². The van der Waals surface area contributed by atoms with Crippen molar-refractivity contribution in [3.05, 3.63) is 83.9 Å². The van der Waals surface area contributed by atoms with Crippen LogP contribution in [0.2, 0.25) is 0 Å². The minimum Gasteiger partial charge on any atom is -0.497 e. The molecule has 0 aliphatic heterocycles. The van der Waals surface area contributed by atoms with Gasteiger partial charge in [-0.2, -0.15) is 9.94 Å². The van der Waals surface area contributed by atoms with Crippen LogP contribution in [-0.4, -0.2) is 27.3 Å². The third-order valence-electron chi connectivity index (χ3n) is 4.44. The van der Waals surface area contributed by atoms with Crippen molar-refractivity contribution in [1.82, 2.24) is 20.2 Å². The second kappa shape index (κ2) is 8.59. The summed E-state index contributed by atoms with van der Waals surface area (Å²) < 4.78 is 6.90. The van der Waals surface area contributed by atoms with Gasteiger partial charge in [-0.05, 0) is 57.4 Å². The predicted octanol–water partition coefficient (Wildman–Crippen LogP) is 4.50. The van der Waals surface area contributed by atoms with Gasteiger partial charge in [0, 0.05) is 5.75 Å². The van der Waals surface area contributed by atoms with Crippen LogP contribution in [-0.2, 0) is 5.75 Å². The van der Waals surface area contributed by atoms with E-state index in [9.17, 15) is 5.26 Å². The number of ether oxygens (including phenoxy) is 1. The molecule has 142 valence electrons. The molecule has 0 bridgehead atoms. The second-order valence-electron chi connectivity index (χ2n) is 6.21. The fraction of sp³-hybridized carbons (Fsp3) is 0.0909. The molecule has 0 aliphatic rings. The summed E-state index contributed by atoms with van der Waals surface area (Å²) in [6, 6.07) is 25.7. The molecular weight excluding hydrogens is 382 g/mol. The zero-order valence-corrected chi connectivity index (χ0v) is 16.5. The maximum absolute atomic E-state index is 9.29. The Morgan fingerprint density at radius 3 is 2.48 bits per heavy atom. The minimum atomic E-state index is 0.674. The lowest BCUT2D eigenvalue weighted by Gasteiger charge is -2.07. The number of aromatic nitrogens is 4. The lowest BCUT2D eigenvalue weighted by atomic mass is 10.00. The molecule has 29 heavy (non-hydrogen) atoms. The standard InChI is InChI=1S/C22H17N5OS/c1-28-20-12-10-19(11-13-20)27-22(24-25-26-27)29-15-16-6-8-17(9-7-16)21-5-3-2-4-18(21)14-23/h2-13H,15H2,1H3. The van der Waals surface area contributed by atoms with Crippen molar-refractivity contribution >= 4 is 11.8 Å². The number of hydrogen-bond donors (Lipinski definition) is 0. The van der Waals surface area contributed by atoms with Crippen LogP contribution in [0.1, 0.15) is 11.1 Å². The van der Waals surface area contributed by atoms with Gasteiger partial charge in [0.15, 0.2) is 0 Å². The molecule has 0 unspecified atom stereocenters. The maximum atomic E-state index is 9.29. The van der Waals surface area contributed by atoms with Gasteiger partial charge in [0.25, 0.3) is 0 Å². The molecule has 0 saturated carbocycles. The van der Waals surface area contributed by atoms with Crippen LogP contribution in [0.3, 0.4) is 0 Å². The Morgan fingerprint density at radius 1 is 1.00 bits per heavy atom. The predicted molar refractivity (Wildman–Crippen MR) is 112 cm³/mol. The van der Waals surface area contributed by atoms with Crippen LogP contribution in [0.25, 0.3) is 16.8 Å². The smallest absolute Gasteiger partial charge is 0.214 e. The van der Waals surface area contributed by atoms with Crippen molar-refractivity contribution in [2.75, 3.05) is 7.11 Å². The van der Waals surface area contributed by atoms with Crippen molar-refractivity contribution < 1.29 is 4.74 Å². The van der Waals surface area contributed by atoms with Crippen molar-refractivity contribution in [2.45, 2.75) is 10.9 Å². The third kappa shape index (κ3) is 4.13. The number of methoxy groups -OCH3 is 1. The van der Waals surface area contributed by atoms with Gasteiger partial charge in [-0.15, -0.1) is 5.10 Å². The number of nitriles is 1. The molecule has 0 spiro atoms. The number of nitrogens with zero attached hydrogens (tertiary/aromatic N) is 5. The van der Waals surface area contributed by atoms with Gasteiger partial charge in [0.2, 0.25) is 5.16 Å². The fourth-order valence-electron chi connectivity index (χ4n) is 2.92. The van der Waals surface area contributed by atoms with Crippen molar-refractivity contribution in [3.63, 3.8) is 0 Å². The van der Waals surface area contributed by atoms with Crippen molar-refractivity contribution in [1.29, 1.82) is 5.26 Å². The normalized spacial score (nSPS) is 10.5. The highest BCUT2D eigenvalue weighted by Gasteiger charge is 2.10. The van der Waals surface area contributed by atoms with E-state index in [2.05, 4.69) is 33.7 Å². The Morgan fingerprint density at radius 2 is 1.76 bits per heavy atom. The molecule has 0 atom stereocenters. The average molecular weight is 399 g/mol. The Hall–Kier alpha value is -3.63. The second-order valence-corrected chi connectivity index (χ2v) is 7.16. The Kier molecular flexibility index (Phi) is 5.54. The molecule has 6 nitrogen and oxygen atoms in total. The Bertz CT molecular complexity index is 1150. The van der Waals surface area contributed by atoms with Crippen LogP contribution < -0.4 is 4.74 Å². The average Bonchev–Trinajstić information content (AvgIpc) is 3.27. The summed E-state index contributed by atoms with van der Waals surface area (Å²) in [4.78, 5) is 0. The van der Waals surface area contributed by atoms with E-state index < -0.39 is 0 Å². The summed E-state index contributed by atoms with van der Waals surface area (Å²) in [5.74, 6) is 1.52. The highest BCUT2D eigenvalue weighted by atomic mass is 32.2. The van der Waals surface area contributed by atoms with E-state index in [4.69, 9.17) is 4.74 Å². The van der Waals surface area contributed by atoms with Crippen LogP contribution in [0.5, 0.6) is 5.75 Å². The summed E-state index contributed by atoms with van der Waals surface area (Å²) in [7, 11) is 1.64. The monoisotopic (exact) mass is 399 g/mol. The summed E-state index contributed by atoms with van der Waals surface area (Å²) >= 11 is 1.56. The SMILES string of the molecule is COc1ccc(-n2nnnc2SCc2ccc(-c3ccccc3C#N)cc2)cc1. The molecule has 0 saturated heterocycles. The van der Waals surface area contributed by atoms with Crippen LogP contribution in [0.4, 0.5) is 0 Å². The van der Waals surface area contributed by atoms with Gasteiger partial charge in [-0.25, -0.2) is 0 Å². The van der Waals surface area contributed by atoms with E-state index in [1.807, 2.05) is 60.7 Å². The molecule has 1 heterocycles. The van der Waals surface area contributed by atoms with E-state index in [0.29, 0.717) is 10.7 Å². The first-order valence-electron chi connectivity index (χ1n) is 8.92. The molecular formula is C22H17N5OS. The third-order valence-corrected chi connectivity index (χ3v) is 5.43. The highest BCUT2D eigenvalue weighted by Crippen LogP contribution is 2.27. The quantitative estimate of drug-likeness (QED) is 0.444. The summed E-state index contributed by atoms with van der Waals surface area (Å²) in [6.07, 6.45) is 0. The van der Waals surface area contributed by atoms with Crippen LogP contribution in [0, 0.1) is 11.3 Å². The molecule has 4 rings (SSSR count). The Labute approximate surface area is 172 Å². The largest absolute Gasteiger partial charge is 0.497 e. The van der Waals surface area contributed by atoms with Gasteiger partial charge in [-0.3, -0.25) is 0 Å². The molecule has 3 aromatic carbocycles. The summed E-state index contributed by atoms with van der Waals surface area (Å²) in [5, 5.41) is 22.0. The molecule has 7 heteroatoms. The molecule has 4 aromatic rings. The zero-order chi connectivity index (χ0) is 20.1. The number of hydrogen-bond acceptors (Lipinski definition) is 6. The van der Waals surface area contributed by atoms with Crippen molar-refractivity contribution in [3.8, 4) is 28.6 Å². The zero-order valence-electron chi connectivity index (χ0n) is 15.7. The number of benzene rings is 3. The van der Waals surface area contributed by atoms with Crippen LogP contribution >= 0.6 is 11.8 Å². The van der Waals surface area contributed by atoms with E-state index in [-0.39, 0.29) is 0 Å². The first-order chi connectivity index (χ1) is 14.3. The van der Waals surface area contributed by atoms with Gasteiger partial charge in [-0.1, -0.05) is 54.2 Å². The topological polar surface area (TPSA) is 76.6 Å². The maximum Gasteiger partial charge on any atom is 0.214 e. The number of thioether (sulfide) groups is 1. The molecule has 0 fully saturated rings. The molecule has 0 aliphatic carbocycles. The molecule has 0 amide bonds. The van der Waals surface area contributed by atoms with Gasteiger partial charge >= 0.3 is 0 Å². The highest BCUT2D eigenvalue weighted by molar-refractivity contribution is 7.98. The van der Waals surface area contributed by atoms with E-state index in [1.165, 1.54) is 0 Å². The lowest BCUT2D eigenvalue weighted by molar-refractivity contribution is 0.414. The molecule has 1 aromatic heterocycles. The number of tetrazole rings is 1. The lowest BCUT2D eigenvalue weighted by Crippen LogP contribution is -1.99. The van der Waals surface area contributed by atoms with E-state index in [1.54, 1.807) is 23.6 Å². The number of rotatable bonds is 6. The van der Waals surface area contributed by atoms with E-state index in [0.717, 1.165) is 33.9 Å². The van der Waals surface area contributed by atoms with Gasteiger partial charge in [0.05, 0.1) is 24.4 Å². The summed E-state index contributed by atoms with van der Waals surface area (Å²) in [5.41, 5.74) is 4.67. The molecule has 0 radical (unpaired) electrons. The Balaban J connectivity index is 1.48. The van der Waals surface area contributed by atoms with Gasteiger partial charge in [0.1, 0.15) is 5.75 Å². The fourth-order valence-corrected chi connectivity index (χ4v) is 3.76. The first kappa shape index (κ1) is 18.7. The van der Waals surface area contributed by atoms with E-state index >= 15 is 0 Å². The van der Waals surface area contributed by atoms with Crippen molar-refractivity contribution in [2.24, 2.45) is 0 Å². The van der Waals surface area contributed by atoms with Crippen LogP contribution in [0.15, 0.2) is 78.0 Å². The molecule has 0 N–H and O–H groups in total. The minimum absolute atomic E-state index is 0.674. The summed E-state index contributed by atoms with van der Waals surface area (Å²) in [6.45, 7) is 0.